The van der Waals surface area contributed by atoms with Crippen molar-refractivity contribution < 1.29 is 13.6 Å². The molecule has 1 aliphatic heterocycles. The summed E-state index contributed by atoms with van der Waals surface area (Å²) in [6.07, 6.45) is -0.505. The first-order valence-electron chi connectivity index (χ1n) is 8.26. The number of alkyl halides is 2. The van der Waals surface area contributed by atoms with Gasteiger partial charge in [0.2, 0.25) is 5.95 Å². The summed E-state index contributed by atoms with van der Waals surface area (Å²) in [5, 5.41) is 3.17. The van der Waals surface area contributed by atoms with Crippen LogP contribution in [0, 0.1) is 0 Å². The zero-order chi connectivity index (χ0) is 18.4. The molecular weight excluding hydrogens is 364 g/mol. The van der Waals surface area contributed by atoms with Crippen molar-refractivity contribution in [3.63, 3.8) is 0 Å². The van der Waals surface area contributed by atoms with Crippen molar-refractivity contribution >= 4 is 34.5 Å². The van der Waals surface area contributed by atoms with Gasteiger partial charge in [0.25, 0.3) is 12.3 Å². The number of benzene rings is 1. The number of fused-ring (bicyclic) bond motifs is 2. The topological polar surface area (TPSA) is 64.7 Å². The number of halogens is 3. The Morgan fingerprint density at radius 3 is 2.88 bits per heavy atom. The zero-order valence-corrected chi connectivity index (χ0v) is 14.7. The van der Waals surface area contributed by atoms with Crippen LogP contribution in [0.1, 0.15) is 41.3 Å². The third-order valence-electron chi connectivity index (χ3n) is 4.60. The number of carbonyl (C=O) groups excluding carboxylic acids is 1. The normalized spacial score (nSPS) is 14.0. The average Bonchev–Trinajstić information content (AvgIpc) is 3.13. The fraction of sp³-hybridized carbons (Fsp3) is 0.353. The van der Waals surface area contributed by atoms with Crippen molar-refractivity contribution in [1.29, 1.82) is 0 Å². The van der Waals surface area contributed by atoms with E-state index < -0.39 is 18.0 Å². The monoisotopic (exact) mass is 379 g/mol. The minimum absolute atomic E-state index is 0.0835. The number of carbonyl (C=O) groups is 1. The highest BCUT2D eigenvalue weighted by molar-refractivity contribution is 6.31. The van der Waals surface area contributed by atoms with Crippen LogP contribution in [0.25, 0.3) is 11.0 Å². The number of aromatic nitrogens is 4. The first-order chi connectivity index (χ1) is 12.5. The van der Waals surface area contributed by atoms with Gasteiger partial charge in [-0.1, -0.05) is 11.6 Å². The lowest BCUT2D eigenvalue weighted by atomic mass is 10.1. The lowest BCUT2D eigenvalue weighted by Gasteiger charge is -2.16. The van der Waals surface area contributed by atoms with Crippen molar-refractivity contribution in [2.45, 2.75) is 32.2 Å². The molecule has 0 saturated carbocycles. The highest BCUT2D eigenvalue weighted by Crippen LogP contribution is 2.28. The number of amides is 1. The fourth-order valence-corrected chi connectivity index (χ4v) is 3.51. The zero-order valence-electron chi connectivity index (χ0n) is 14.0. The Morgan fingerprint density at radius 1 is 1.31 bits per heavy atom. The van der Waals surface area contributed by atoms with Crippen molar-refractivity contribution in [2.24, 2.45) is 7.05 Å². The largest absolute Gasteiger partial charge is 0.324 e. The van der Waals surface area contributed by atoms with Gasteiger partial charge in [0.1, 0.15) is 17.2 Å². The molecule has 0 radical (unpaired) electrons. The Labute approximate surface area is 152 Å². The van der Waals surface area contributed by atoms with Gasteiger partial charge >= 0.3 is 0 Å². The Balaban J connectivity index is 1.73. The van der Waals surface area contributed by atoms with Crippen molar-refractivity contribution in [3.8, 4) is 0 Å². The molecule has 6 nitrogen and oxygen atoms in total. The molecule has 3 aromatic rings. The number of hydrogen-bond donors (Lipinski definition) is 1. The van der Waals surface area contributed by atoms with Crippen LogP contribution < -0.4 is 5.32 Å². The molecule has 0 fully saturated rings. The number of rotatable bonds is 3. The molecule has 1 amide bonds. The van der Waals surface area contributed by atoms with E-state index in [1.54, 1.807) is 34.4 Å². The fourth-order valence-electron chi connectivity index (χ4n) is 3.34. The van der Waals surface area contributed by atoms with E-state index in [0.717, 1.165) is 18.4 Å². The number of nitrogens with zero attached hydrogens (tertiary/aromatic N) is 4. The molecule has 26 heavy (non-hydrogen) atoms. The lowest BCUT2D eigenvalue weighted by molar-refractivity contribution is 0.0994. The predicted octanol–water partition coefficient (Wildman–Crippen LogP) is 3.95. The summed E-state index contributed by atoms with van der Waals surface area (Å²) in [5.74, 6) is 0.165. The molecule has 9 heteroatoms. The van der Waals surface area contributed by atoms with Crippen LogP contribution in [0.4, 0.5) is 14.7 Å². The summed E-state index contributed by atoms with van der Waals surface area (Å²) < 4.78 is 30.1. The second-order valence-electron chi connectivity index (χ2n) is 6.25. The maximum atomic E-state index is 13.4. The summed E-state index contributed by atoms with van der Waals surface area (Å²) in [7, 11) is 1.73. The Kier molecular flexibility index (Phi) is 4.14. The molecule has 4 rings (SSSR count). The molecule has 0 bridgehead atoms. The quantitative estimate of drug-likeness (QED) is 0.749. The highest BCUT2D eigenvalue weighted by atomic mass is 35.5. The van der Waals surface area contributed by atoms with Crippen LogP contribution in [-0.2, 0) is 20.0 Å². The molecule has 2 aromatic heterocycles. The molecule has 136 valence electrons. The summed E-state index contributed by atoms with van der Waals surface area (Å²) in [6.45, 7) is 0.510. The van der Waals surface area contributed by atoms with E-state index in [9.17, 15) is 13.6 Å². The van der Waals surface area contributed by atoms with Gasteiger partial charge in [0.15, 0.2) is 0 Å². The van der Waals surface area contributed by atoms with Gasteiger partial charge in [0.05, 0.1) is 11.0 Å². The molecule has 1 aromatic carbocycles. The highest BCUT2D eigenvalue weighted by Gasteiger charge is 2.30. The van der Waals surface area contributed by atoms with Gasteiger partial charge in [-0.2, -0.15) is 0 Å². The third-order valence-corrected chi connectivity index (χ3v) is 4.83. The minimum atomic E-state index is -2.81. The molecule has 3 heterocycles. The van der Waals surface area contributed by atoms with Gasteiger partial charge in [-0.05, 0) is 31.0 Å². The van der Waals surface area contributed by atoms with E-state index in [1.165, 1.54) is 0 Å². The molecule has 1 aliphatic rings. The maximum Gasteiger partial charge on any atom is 0.282 e. The van der Waals surface area contributed by atoms with Crippen molar-refractivity contribution in [2.75, 3.05) is 5.32 Å². The molecule has 0 unspecified atom stereocenters. The number of nitrogens with one attached hydrogen (secondary N) is 1. The molecule has 0 atom stereocenters. The minimum Gasteiger partial charge on any atom is -0.324 e. The number of imidazole rings is 2. The Morgan fingerprint density at radius 2 is 2.12 bits per heavy atom. The number of aryl methyl sites for hydroxylation is 2. The van der Waals surface area contributed by atoms with E-state index in [1.807, 2.05) is 0 Å². The van der Waals surface area contributed by atoms with Crippen LogP contribution >= 0.6 is 11.6 Å². The van der Waals surface area contributed by atoms with Crippen LogP contribution in [0.5, 0.6) is 0 Å². The van der Waals surface area contributed by atoms with E-state index in [4.69, 9.17) is 11.6 Å². The number of anilines is 1. The van der Waals surface area contributed by atoms with Crippen LogP contribution in [0.15, 0.2) is 18.2 Å². The summed E-state index contributed by atoms with van der Waals surface area (Å²) >= 11 is 5.97. The van der Waals surface area contributed by atoms with Crippen LogP contribution in [-0.4, -0.2) is 25.0 Å². The predicted molar refractivity (Wildman–Crippen MR) is 93.8 cm³/mol. The molecule has 0 aliphatic carbocycles. The number of hydrogen-bond acceptors (Lipinski definition) is 3. The molecule has 0 spiro atoms. The SMILES string of the molecule is Cn1c(NC(=O)c2c(C(F)F)nc3n2CCCC3)nc2cc(Cl)ccc21. The van der Waals surface area contributed by atoms with Crippen molar-refractivity contribution in [1.82, 2.24) is 19.1 Å². The van der Waals surface area contributed by atoms with E-state index in [2.05, 4.69) is 15.3 Å². The van der Waals surface area contributed by atoms with Crippen LogP contribution in [0.2, 0.25) is 5.02 Å². The van der Waals surface area contributed by atoms with Crippen LogP contribution in [0.3, 0.4) is 0 Å². The Hall–Kier alpha value is -2.48. The summed E-state index contributed by atoms with van der Waals surface area (Å²) in [4.78, 5) is 21.1. The van der Waals surface area contributed by atoms with Gasteiger partial charge in [-0.25, -0.2) is 18.7 Å². The molecule has 1 N–H and O–H groups in total. The van der Waals surface area contributed by atoms with Gasteiger partial charge < -0.3 is 9.13 Å². The standard InChI is InChI=1S/C17H16ClF2N5O/c1-24-11-6-5-9(18)8-10(11)21-17(24)23-16(26)14-13(15(19)20)22-12-4-2-3-7-25(12)14/h5-6,8,15H,2-4,7H2,1H3,(H,21,23,26). The molecule has 0 saturated heterocycles. The third kappa shape index (κ3) is 2.74. The first-order valence-corrected chi connectivity index (χ1v) is 8.64. The smallest absolute Gasteiger partial charge is 0.282 e. The first kappa shape index (κ1) is 17.0. The van der Waals surface area contributed by atoms with E-state index in [0.29, 0.717) is 29.3 Å². The average molecular weight is 380 g/mol. The van der Waals surface area contributed by atoms with Crippen molar-refractivity contribution in [3.05, 3.63) is 40.4 Å². The summed E-state index contributed by atoms with van der Waals surface area (Å²) in [6, 6.07) is 5.18. The maximum absolute atomic E-state index is 13.4. The second kappa shape index (κ2) is 6.35. The second-order valence-corrected chi connectivity index (χ2v) is 6.69. The molecular formula is C17H16ClF2N5O. The summed E-state index contributed by atoms with van der Waals surface area (Å²) in [5.41, 5.74) is 0.829. The van der Waals surface area contributed by atoms with Gasteiger partial charge in [-0.3, -0.25) is 10.1 Å². The van der Waals surface area contributed by atoms with Gasteiger partial charge in [-0.15, -0.1) is 0 Å². The Bertz CT molecular complexity index is 1010. The lowest BCUT2D eigenvalue weighted by Crippen LogP contribution is -2.23. The van der Waals surface area contributed by atoms with E-state index in [-0.39, 0.29) is 11.6 Å². The van der Waals surface area contributed by atoms with E-state index >= 15 is 0 Å². The van der Waals surface area contributed by atoms with Gasteiger partial charge in [0, 0.05) is 25.0 Å².